The lowest BCUT2D eigenvalue weighted by molar-refractivity contribution is 0.0895. The van der Waals surface area contributed by atoms with Crippen LogP contribution in [0, 0.1) is 11.8 Å². The van der Waals surface area contributed by atoms with Gasteiger partial charge in [0, 0.05) is 0 Å². The maximum Gasteiger partial charge on any atom is 0.182 e. The van der Waals surface area contributed by atoms with E-state index in [4.69, 9.17) is 4.12 Å². The van der Waals surface area contributed by atoms with Gasteiger partial charge in [-0.05, 0) is 97.8 Å². The lowest BCUT2D eigenvalue weighted by Gasteiger charge is -2.52. The molecule has 2 aliphatic carbocycles. The highest BCUT2D eigenvalue weighted by Gasteiger charge is 2.54. The van der Waals surface area contributed by atoms with Gasteiger partial charge in [0.2, 0.25) is 0 Å². The first-order chi connectivity index (χ1) is 15.7. The van der Waals surface area contributed by atoms with Crippen LogP contribution in [-0.4, -0.2) is 38.0 Å². The van der Waals surface area contributed by atoms with Gasteiger partial charge in [-0.1, -0.05) is 65.8 Å². The molecule has 6 atom stereocenters. The molecule has 6 unspecified atom stereocenters. The fraction of sp³-hybridized carbons (Fsp3) is 0.733. The lowest BCUT2D eigenvalue weighted by atomic mass is 9.95. The summed E-state index contributed by atoms with van der Waals surface area (Å²) in [7, 11) is -4.47. The molecule has 0 saturated heterocycles. The Bertz CT molecular complexity index is 786. The van der Waals surface area contributed by atoms with E-state index in [2.05, 4.69) is 79.9 Å². The molecule has 3 nitrogen and oxygen atoms in total. The zero-order valence-corrected chi connectivity index (χ0v) is 26.4. The van der Waals surface area contributed by atoms with Crippen LogP contribution in [0.2, 0.25) is 35.3 Å². The SMILES string of the molecule is C=CCC1=CC(C[Si](C)(O[Si](C)(CC2C=C(CC=C)C(C)(O)C2)C(C)(C)C)C(C)(C)C)CC1(C)O. The first-order valence-electron chi connectivity index (χ1n) is 13.5. The van der Waals surface area contributed by atoms with Gasteiger partial charge in [0.25, 0.3) is 0 Å². The van der Waals surface area contributed by atoms with E-state index in [9.17, 15) is 10.2 Å². The molecule has 5 heteroatoms. The average molecular weight is 519 g/mol. The van der Waals surface area contributed by atoms with Crippen molar-refractivity contribution in [1.29, 1.82) is 0 Å². The van der Waals surface area contributed by atoms with Crippen LogP contribution in [0.3, 0.4) is 0 Å². The van der Waals surface area contributed by atoms with Crippen LogP contribution in [-0.2, 0) is 4.12 Å². The van der Waals surface area contributed by atoms with Gasteiger partial charge in [0.05, 0.1) is 11.2 Å². The van der Waals surface area contributed by atoms with Crippen molar-refractivity contribution in [1.82, 2.24) is 0 Å². The van der Waals surface area contributed by atoms with Crippen molar-refractivity contribution in [3.63, 3.8) is 0 Å². The second-order valence-electron chi connectivity index (χ2n) is 14.3. The summed E-state index contributed by atoms with van der Waals surface area (Å²) in [5.41, 5.74) is 0.704. The molecular formula is C30H54O3Si2. The third-order valence-corrected chi connectivity index (χ3v) is 21.8. The van der Waals surface area contributed by atoms with E-state index in [0.717, 1.165) is 48.9 Å². The smallest absolute Gasteiger partial charge is 0.182 e. The Morgan fingerprint density at radius 3 is 1.40 bits per heavy atom. The predicted molar refractivity (Wildman–Crippen MR) is 157 cm³/mol. The molecule has 0 aromatic heterocycles. The molecule has 200 valence electrons. The fourth-order valence-corrected chi connectivity index (χ4v) is 16.8. The summed E-state index contributed by atoms with van der Waals surface area (Å²) in [4.78, 5) is 0. The van der Waals surface area contributed by atoms with Crippen LogP contribution >= 0.6 is 0 Å². The summed E-state index contributed by atoms with van der Waals surface area (Å²) in [6.07, 6.45) is 11.5. The zero-order chi connectivity index (χ0) is 27.1. The first-order valence-corrected chi connectivity index (χ1v) is 18.7. The number of allylic oxidation sites excluding steroid dienone is 4. The average Bonchev–Trinajstić information content (AvgIpc) is 3.07. The van der Waals surface area contributed by atoms with E-state index in [-0.39, 0.29) is 10.1 Å². The Kier molecular flexibility index (Phi) is 8.89. The largest absolute Gasteiger partial charge is 0.454 e. The first kappa shape index (κ1) is 30.5. The van der Waals surface area contributed by atoms with Gasteiger partial charge in [0.1, 0.15) is 0 Å². The van der Waals surface area contributed by atoms with Crippen LogP contribution in [0.15, 0.2) is 48.6 Å². The van der Waals surface area contributed by atoms with E-state index >= 15 is 0 Å². The van der Waals surface area contributed by atoms with Gasteiger partial charge in [0.15, 0.2) is 16.6 Å². The van der Waals surface area contributed by atoms with Crippen LogP contribution in [0.5, 0.6) is 0 Å². The molecule has 0 heterocycles. The molecule has 2 aliphatic rings. The molecule has 2 rings (SSSR count). The van der Waals surface area contributed by atoms with E-state index < -0.39 is 27.8 Å². The van der Waals surface area contributed by atoms with Gasteiger partial charge in [-0.15, -0.1) is 13.2 Å². The number of rotatable bonds is 10. The van der Waals surface area contributed by atoms with Crippen LogP contribution in [0.4, 0.5) is 0 Å². The van der Waals surface area contributed by atoms with Crippen LogP contribution in [0.25, 0.3) is 0 Å². The molecule has 0 fully saturated rings. The monoisotopic (exact) mass is 518 g/mol. The summed E-state index contributed by atoms with van der Waals surface area (Å²) in [6.45, 7) is 30.6. The molecule has 0 aromatic rings. The summed E-state index contributed by atoms with van der Waals surface area (Å²) < 4.78 is 7.62. The second-order valence-corrected chi connectivity index (χ2v) is 23.9. The maximum absolute atomic E-state index is 11.1. The maximum atomic E-state index is 11.1. The van der Waals surface area contributed by atoms with Crippen molar-refractivity contribution in [2.45, 2.75) is 128 Å². The molecular weight excluding hydrogens is 464 g/mol. The third kappa shape index (κ3) is 6.78. The van der Waals surface area contributed by atoms with Crippen molar-refractivity contribution in [3.05, 3.63) is 48.6 Å². The molecule has 0 aromatic carbocycles. The summed E-state index contributed by atoms with van der Waals surface area (Å²) in [5, 5.41) is 22.2. The minimum absolute atomic E-state index is 0.0679. The minimum atomic E-state index is -2.24. The molecule has 0 aliphatic heterocycles. The zero-order valence-electron chi connectivity index (χ0n) is 24.4. The van der Waals surface area contributed by atoms with E-state index in [1.54, 1.807) is 0 Å². The fourth-order valence-electron chi connectivity index (χ4n) is 5.98. The Hall–Kier alpha value is -0.726. The standard InChI is InChI=1S/C30H54O3Si2/c1-13-15-25-17-23(19-29(25,9)31)21-34(11,27(3,4)5)33-35(12,28(6,7)8)22-24-18-26(16-14-2)30(10,32)20-24/h13-14,17-18,23-24,31-32H,1-2,15-16,19-22H2,3-12H3. The van der Waals surface area contributed by atoms with Gasteiger partial charge in [-0.25, -0.2) is 0 Å². The normalized spacial score (nSPS) is 33.0. The Labute approximate surface area is 218 Å². The molecule has 0 bridgehead atoms. The summed E-state index contributed by atoms with van der Waals surface area (Å²) in [5.74, 6) is 0.667. The molecule has 2 N–H and O–H groups in total. The van der Waals surface area contributed by atoms with Gasteiger partial charge >= 0.3 is 0 Å². The number of aliphatic hydroxyl groups is 2. The van der Waals surface area contributed by atoms with Crippen molar-refractivity contribution in [2.24, 2.45) is 11.8 Å². The topological polar surface area (TPSA) is 49.7 Å². The second kappa shape index (κ2) is 10.2. The van der Waals surface area contributed by atoms with Crippen molar-refractivity contribution in [2.75, 3.05) is 0 Å². The van der Waals surface area contributed by atoms with E-state index in [1.165, 1.54) is 0 Å². The summed E-state index contributed by atoms with van der Waals surface area (Å²) in [6, 6.07) is 2.04. The summed E-state index contributed by atoms with van der Waals surface area (Å²) >= 11 is 0. The van der Waals surface area contributed by atoms with Gasteiger partial charge < -0.3 is 14.3 Å². The van der Waals surface area contributed by atoms with Crippen molar-refractivity contribution >= 4 is 16.6 Å². The highest BCUT2D eigenvalue weighted by Crippen LogP contribution is 2.53. The van der Waals surface area contributed by atoms with Gasteiger partial charge in [-0.3, -0.25) is 0 Å². The number of hydrogen-bond acceptors (Lipinski definition) is 3. The van der Waals surface area contributed by atoms with Crippen molar-refractivity contribution < 1.29 is 14.3 Å². The van der Waals surface area contributed by atoms with Crippen molar-refractivity contribution in [3.8, 4) is 0 Å². The molecule has 0 radical (unpaired) electrons. The minimum Gasteiger partial charge on any atom is -0.454 e. The van der Waals surface area contributed by atoms with Crippen LogP contribution in [0.1, 0.15) is 81.1 Å². The Morgan fingerprint density at radius 2 is 1.14 bits per heavy atom. The quantitative estimate of drug-likeness (QED) is 0.226. The highest BCUT2D eigenvalue weighted by atomic mass is 28.4. The van der Waals surface area contributed by atoms with E-state index in [1.807, 2.05) is 26.0 Å². The molecule has 0 saturated carbocycles. The van der Waals surface area contributed by atoms with Crippen LogP contribution < -0.4 is 0 Å². The Morgan fingerprint density at radius 1 is 0.829 bits per heavy atom. The van der Waals surface area contributed by atoms with Gasteiger partial charge in [-0.2, -0.15) is 0 Å². The van der Waals surface area contributed by atoms with E-state index in [0.29, 0.717) is 11.8 Å². The number of hydrogen-bond donors (Lipinski definition) is 2. The third-order valence-electron chi connectivity index (χ3n) is 9.23. The Balaban J connectivity index is 2.38. The highest BCUT2D eigenvalue weighted by molar-refractivity contribution is 6.88. The molecule has 0 spiro atoms. The predicted octanol–water partition coefficient (Wildman–Crippen LogP) is 8.30. The lowest BCUT2D eigenvalue weighted by Crippen LogP contribution is -2.58. The molecule has 35 heavy (non-hydrogen) atoms. The molecule has 0 amide bonds.